The average Bonchev–Trinajstić information content (AvgIpc) is 3.49. The van der Waals surface area contributed by atoms with Crippen LogP contribution in [0, 0.1) is 0 Å². The Morgan fingerprint density at radius 2 is 1.58 bits per heavy atom. The molecule has 2 N–H and O–H groups in total. The molecule has 1 aliphatic rings. The number of hydrogen-bond acceptors (Lipinski definition) is 6. The predicted molar refractivity (Wildman–Crippen MR) is 143 cm³/mol. The van der Waals surface area contributed by atoms with Crippen LogP contribution in [-0.4, -0.2) is 45.4 Å². The highest BCUT2D eigenvalue weighted by atomic mass is 35.5. The van der Waals surface area contributed by atoms with Gasteiger partial charge >= 0.3 is 11.9 Å². The maximum absolute atomic E-state index is 14.0. The highest BCUT2D eigenvalue weighted by Crippen LogP contribution is 2.57. The minimum atomic E-state index is -4.35. The summed E-state index contributed by atoms with van der Waals surface area (Å²) in [5, 5.41) is 21.7. The summed E-state index contributed by atoms with van der Waals surface area (Å²) in [6, 6.07) is 22.1. The number of carboxylic acid groups (broad SMARTS) is 2. The van der Waals surface area contributed by atoms with E-state index in [-0.39, 0.29) is 28.6 Å². The molecule has 0 bridgehead atoms. The van der Waals surface area contributed by atoms with Gasteiger partial charge in [-0.25, -0.2) is 18.2 Å². The molecule has 1 aromatic heterocycles. The van der Waals surface area contributed by atoms with E-state index in [2.05, 4.69) is 4.98 Å². The molecule has 0 unspecified atom stereocenters. The van der Waals surface area contributed by atoms with Crippen molar-refractivity contribution in [2.45, 2.75) is 29.3 Å². The molecule has 194 valence electrons. The van der Waals surface area contributed by atoms with Gasteiger partial charge in [-0.2, -0.15) is 4.31 Å². The van der Waals surface area contributed by atoms with E-state index in [0.29, 0.717) is 10.6 Å². The second-order valence-corrected chi connectivity index (χ2v) is 12.1. The van der Waals surface area contributed by atoms with Gasteiger partial charge in [0.05, 0.1) is 11.4 Å². The Labute approximate surface area is 227 Å². The van der Waals surface area contributed by atoms with Crippen LogP contribution in [0.4, 0.5) is 0 Å². The summed E-state index contributed by atoms with van der Waals surface area (Å²) in [5.74, 6) is -3.10. The van der Waals surface area contributed by atoms with Crippen LogP contribution in [0.5, 0.6) is 0 Å². The van der Waals surface area contributed by atoms with Crippen molar-refractivity contribution in [1.82, 2.24) is 9.29 Å². The van der Waals surface area contributed by atoms with Crippen LogP contribution < -0.4 is 0 Å². The van der Waals surface area contributed by atoms with Crippen LogP contribution in [0.3, 0.4) is 0 Å². The van der Waals surface area contributed by atoms with Crippen LogP contribution in [-0.2, 0) is 21.4 Å². The molecule has 1 saturated carbocycles. The van der Waals surface area contributed by atoms with Crippen molar-refractivity contribution in [2.75, 3.05) is 0 Å². The fraction of sp³-hybridized carbons (Fsp3) is 0.148. The summed E-state index contributed by atoms with van der Waals surface area (Å²) in [6.45, 7) is -0.380. The molecule has 1 fully saturated rings. The zero-order valence-corrected chi connectivity index (χ0v) is 22.1. The average molecular weight is 569 g/mol. The Balaban J connectivity index is 1.56. The van der Waals surface area contributed by atoms with Crippen LogP contribution in [0.25, 0.3) is 11.1 Å². The number of aromatic nitrogens is 1. The van der Waals surface area contributed by atoms with Crippen molar-refractivity contribution < 1.29 is 28.2 Å². The molecule has 0 radical (unpaired) electrons. The maximum atomic E-state index is 14.0. The summed E-state index contributed by atoms with van der Waals surface area (Å²) < 4.78 is 29.0. The van der Waals surface area contributed by atoms with Gasteiger partial charge in [-0.3, -0.25) is 4.79 Å². The Hall–Kier alpha value is -3.57. The first-order chi connectivity index (χ1) is 18.1. The molecule has 0 spiro atoms. The van der Waals surface area contributed by atoms with Crippen molar-refractivity contribution in [3.8, 4) is 11.1 Å². The van der Waals surface area contributed by atoms with E-state index in [4.69, 9.17) is 11.6 Å². The Morgan fingerprint density at radius 3 is 2.13 bits per heavy atom. The minimum absolute atomic E-state index is 0.0750. The van der Waals surface area contributed by atoms with Gasteiger partial charge in [0.15, 0.2) is 5.69 Å². The lowest BCUT2D eigenvalue weighted by molar-refractivity contribution is -0.143. The lowest BCUT2D eigenvalue weighted by Crippen LogP contribution is -2.48. The molecule has 11 heteroatoms. The maximum Gasteiger partial charge on any atom is 0.355 e. The largest absolute Gasteiger partial charge is 0.480 e. The number of carboxylic acids is 2. The number of aromatic carboxylic acids is 1. The zero-order chi connectivity index (χ0) is 27.1. The molecule has 1 aliphatic carbocycles. The fourth-order valence-electron chi connectivity index (χ4n) is 4.58. The predicted octanol–water partition coefficient (Wildman–Crippen LogP) is 5.36. The van der Waals surface area contributed by atoms with Gasteiger partial charge in [0.25, 0.3) is 0 Å². The number of carbonyl (C=O) groups is 2. The lowest BCUT2D eigenvalue weighted by atomic mass is 10.1. The van der Waals surface area contributed by atoms with E-state index in [1.165, 1.54) is 17.5 Å². The monoisotopic (exact) mass is 568 g/mol. The molecule has 2 atom stereocenters. The number of hydrogen-bond donors (Lipinski definition) is 2. The third kappa shape index (κ3) is 4.71. The first-order valence-corrected chi connectivity index (χ1v) is 14.2. The summed E-state index contributed by atoms with van der Waals surface area (Å²) in [4.78, 5) is 28.0. The van der Waals surface area contributed by atoms with E-state index < -0.39 is 33.4 Å². The number of sulfonamides is 1. The first kappa shape index (κ1) is 26.1. The van der Waals surface area contributed by atoms with Crippen molar-refractivity contribution in [2.24, 2.45) is 0 Å². The molecule has 0 aliphatic heterocycles. The SMILES string of the molecule is O=C(O)c1csc(CN([C@]2(C(=O)O)C[C@@H]2c2ccccc2)S(=O)(=O)c2ccc(-c3ccc(Cl)cc3)cc2)n1. The molecule has 8 nitrogen and oxygen atoms in total. The third-order valence-corrected chi connectivity index (χ3v) is 9.61. The van der Waals surface area contributed by atoms with Crippen LogP contribution in [0.1, 0.15) is 33.4 Å². The number of rotatable bonds is 9. The zero-order valence-electron chi connectivity index (χ0n) is 19.7. The Kier molecular flexibility index (Phi) is 6.83. The Morgan fingerprint density at radius 1 is 0.974 bits per heavy atom. The summed E-state index contributed by atoms with van der Waals surface area (Å²) in [7, 11) is -4.35. The fourth-order valence-corrected chi connectivity index (χ4v) is 7.28. The molecule has 3 aromatic carbocycles. The van der Waals surface area contributed by atoms with Gasteiger partial charge in [0.1, 0.15) is 10.5 Å². The lowest BCUT2D eigenvalue weighted by Gasteiger charge is -2.29. The van der Waals surface area contributed by atoms with Gasteiger partial charge in [-0.1, -0.05) is 66.2 Å². The van der Waals surface area contributed by atoms with E-state index in [9.17, 15) is 28.2 Å². The second kappa shape index (κ2) is 9.95. The van der Waals surface area contributed by atoms with Crippen molar-refractivity contribution in [3.05, 3.63) is 106 Å². The molecule has 1 heterocycles. The highest BCUT2D eigenvalue weighted by molar-refractivity contribution is 7.89. The van der Waals surface area contributed by atoms with Gasteiger partial charge in [0, 0.05) is 16.3 Å². The van der Waals surface area contributed by atoms with Gasteiger partial charge in [-0.05, 0) is 47.4 Å². The number of thiazole rings is 1. The highest BCUT2D eigenvalue weighted by Gasteiger charge is 2.68. The van der Waals surface area contributed by atoms with E-state index in [0.717, 1.165) is 26.8 Å². The number of nitrogens with zero attached hydrogens (tertiary/aromatic N) is 2. The molecule has 38 heavy (non-hydrogen) atoms. The molecular weight excluding hydrogens is 548 g/mol. The number of benzene rings is 3. The van der Waals surface area contributed by atoms with Crippen LogP contribution in [0.2, 0.25) is 5.02 Å². The van der Waals surface area contributed by atoms with Crippen molar-refractivity contribution in [1.29, 1.82) is 0 Å². The van der Waals surface area contributed by atoms with Gasteiger partial charge in [-0.15, -0.1) is 11.3 Å². The van der Waals surface area contributed by atoms with Crippen molar-refractivity contribution in [3.63, 3.8) is 0 Å². The number of halogens is 1. The molecule has 0 amide bonds. The first-order valence-electron chi connectivity index (χ1n) is 11.5. The topological polar surface area (TPSA) is 125 Å². The standard InChI is InChI=1S/C27H21ClN2O6S2/c28-20-10-6-17(7-11-20)18-8-12-21(13-9-18)38(35,36)30(15-24-29-23(16-37-24)25(31)32)27(26(33)34)14-22(27)19-4-2-1-3-5-19/h1-13,16,22H,14-15H2,(H,31,32)(H,33,34)/t22-,27-/m1/s1. The van der Waals surface area contributed by atoms with E-state index in [1.54, 1.807) is 54.6 Å². The smallest absolute Gasteiger partial charge is 0.355 e. The van der Waals surface area contributed by atoms with Crippen molar-refractivity contribution >= 4 is 44.9 Å². The van der Waals surface area contributed by atoms with E-state index >= 15 is 0 Å². The summed E-state index contributed by atoms with van der Waals surface area (Å²) in [5.41, 5.74) is 0.338. The molecule has 0 saturated heterocycles. The molecule has 4 aromatic rings. The summed E-state index contributed by atoms with van der Waals surface area (Å²) >= 11 is 6.93. The van der Waals surface area contributed by atoms with Gasteiger partial charge in [0.2, 0.25) is 10.0 Å². The Bertz CT molecular complexity index is 1610. The van der Waals surface area contributed by atoms with E-state index in [1.807, 2.05) is 12.1 Å². The number of aliphatic carboxylic acids is 1. The summed E-state index contributed by atoms with van der Waals surface area (Å²) in [6.07, 6.45) is 0.0750. The third-order valence-electron chi connectivity index (χ3n) is 6.62. The van der Waals surface area contributed by atoms with Crippen LogP contribution >= 0.6 is 22.9 Å². The van der Waals surface area contributed by atoms with Crippen LogP contribution in [0.15, 0.2) is 89.1 Å². The molecular formula is C27H21ClN2O6S2. The second-order valence-electron chi connectivity index (χ2n) is 8.87. The molecule has 5 rings (SSSR count). The normalized spacial score (nSPS) is 18.8. The quantitative estimate of drug-likeness (QED) is 0.278. The minimum Gasteiger partial charge on any atom is -0.480 e. The van der Waals surface area contributed by atoms with Gasteiger partial charge < -0.3 is 10.2 Å².